The normalized spacial score (nSPS) is 10.9. The molecular formula is C16H37NNaO4S. The first-order chi connectivity index (χ1) is 10.1. The summed E-state index contributed by atoms with van der Waals surface area (Å²) in [4.78, 5) is 0. The molecule has 0 aliphatic heterocycles. The van der Waals surface area contributed by atoms with Crippen molar-refractivity contribution in [2.24, 2.45) is 0 Å². The Morgan fingerprint density at radius 2 is 1.00 bits per heavy atom. The Bertz CT molecular complexity index is 313. The molecule has 0 saturated heterocycles. The van der Waals surface area contributed by atoms with Crippen molar-refractivity contribution in [3.63, 3.8) is 0 Å². The molecule has 0 heterocycles. The van der Waals surface area contributed by atoms with Gasteiger partial charge in [-0.25, -0.2) is 8.42 Å². The molecule has 0 amide bonds. The van der Waals surface area contributed by atoms with Crippen LogP contribution >= 0.6 is 0 Å². The minimum atomic E-state index is -4.49. The molecule has 1 radical (unpaired) electrons. The molecule has 7 heteroatoms. The van der Waals surface area contributed by atoms with Gasteiger partial charge in [0.1, 0.15) is 0 Å². The maximum atomic E-state index is 10.2. The first-order valence-corrected chi connectivity index (χ1v) is 10.00. The van der Waals surface area contributed by atoms with E-state index in [2.05, 4.69) is 11.1 Å². The van der Waals surface area contributed by atoms with Gasteiger partial charge in [0.2, 0.25) is 10.4 Å². The van der Waals surface area contributed by atoms with Crippen LogP contribution in [0.3, 0.4) is 0 Å². The first kappa shape index (κ1) is 28.6. The molecule has 0 bridgehead atoms. The quantitative estimate of drug-likeness (QED) is 0.182. The minimum Gasteiger partial charge on any atom is -0.726 e. The number of hydrogen-bond donors (Lipinski definition) is 1. The Morgan fingerprint density at radius 1 is 0.696 bits per heavy atom. The van der Waals surface area contributed by atoms with E-state index in [0.717, 1.165) is 12.8 Å². The Kier molecular flexibility index (Phi) is 26.0. The van der Waals surface area contributed by atoms with Crippen LogP contribution < -0.4 is 6.15 Å². The molecule has 0 unspecified atom stereocenters. The molecule has 5 nitrogen and oxygen atoms in total. The van der Waals surface area contributed by atoms with E-state index in [1.807, 2.05) is 0 Å². The van der Waals surface area contributed by atoms with Gasteiger partial charge in [-0.05, 0) is 6.42 Å². The van der Waals surface area contributed by atoms with Gasteiger partial charge in [0.25, 0.3) is 0 Å². The molecule has 0 aromatic rings. The predicted octanol–water partition coefficient (Wildman–Crippen LogP) is 4.94. The van der Waals surface area contributed by atoms with Crippen molar-refractivity contribution in [2.45, 2.75) is 96.8 Å². The number of hydrogen-bond acceptors (Lipinski definition) is 4. The van der Waals surface area contributed by atoms with Crippen molar-refractivity contribution >= 4 is 40.0 Å². The van der Waals surface area contributed by atoms with Gasteiger partial charge < -0.3 is 10.7 Å². The zero-order chi connectivity index (χ0) is 15.8. The number of quaternary nitrogens is 1. The Balaban J connectivity index is -0.00000200. The van der Waals surface area contributed by atoms with Gasteiger partial charge >= 0.3 is 0 Å². The summed E-state index contributed by atoms with van der Waals surface area (Å²) in [5.41, 5.74) is 0. The molecule has 0 saturated carbocycles. The van der Waals surface area contributed by atoms with Crippen LogP contribution in [-0.4, -0.2) is 49.1 Å². The summed E-state index contributed by atoms with van der Waals surface area (Å²) in [5, 5.41) is 0. The molecule has 23 heavy (non-hydrogen) atoms. The molecule has 0 aromatic carbocycles. The van der Waals surface area contributed by atoms with E-state index < -0.39 is 10.4 Å². The second kappa shape index (κ2) is 20.9. The zero-order valence-electron chi connectivity index (χ0n) is 15.6. The summed E-state index contributed by atoms with van der Waals surface area (Å²) < 4.78 is 34.7. The minimum absolute atomic E-state index is 0. The fraction of sp³-hybridized carbons (Fsp3) is 1.00. The largest absolute Gasteiger partial charge is 0.726 e. The molecule has 4 N–H and O–H groups in total. The van der Waals surface area contributed by atoms with Gasteiger partial charge in [-0.15, -0.1) is 0 Å². The number of rotatable bonds is 16. The van der Waals surface area contributed by atoms with E-state index in [9.17, 15) is 13.0 Å². The van der Waals surface area contributed by atoms with Crippen LogP contribution in [-0.2, 0) is 14.6 Å². The molecule has 0 aliphatic carbocycles. The molecule has 137 valence electrons. The van der Waals surface area contributed by atoms with Gasteiger partial charge in [-0.3, -0.25) is 4.18 Å². The van der Waals surface area contributed by atoms with E-state index in [4.69, 9.17) is 0 Å². The van der Waals surface area contributed by atoms with E-state index in [1.54, 1.807) is 0 Å². The topological polar surface area (TPSA) is 103 Å². The third-order valence-electron chi connectivity index (χ3n) is 3.73. The van der Waals surface area contributed by atoms with Crippen molar-refractivity contribution in [2.75, 3.05) is 6.61 Å². The standard InChI is InChI=1S/C16H34O4S.H3N.Na/c1-2-3-4-5-6-7-8-9-10-11-12-13-14-15-16-20-21(17,18)19;;/h2-16H2,1H3,(H,17,18,19);1H3;. The van der Waals surface area contributed by atoms with E-state index >= 15 is 0 Å². The van der Waals surface area contributed by atoms with Crippen LogP contribution in [0.25, 0.3) is 0 Å². The van der Waals surface area contributed by atoms with Crippen LogP contribution in [0.2, 0.25) is 0 Å². The molecule has 0 atom stereocenters. The van der Waals surface area contributed by atoms with E-state index in [0.29, 0.717) is 6.42 Å². The van der Waals surface area contributed by atoms with Gasteiger partial charge in [0.15, 0.2) is 0 Å². The monoisotopic (exact) mass is 362 g/mol. The Labute approximate surface area is 166 Å². The zero-order valence-corrected chi connectivity index (χ0v) is 18.5. The molecule has 0 aliphatic rings. The van der Waals surface area contributed by atoms with Crippen LogP contribution in [0.15, 0.2) is 0 Å². The fourth-order valence-electron chi connectivity index (χ4n) is 2.46. The molecule has 0 fully saturated rings. The summed E-state index contributed by atoms with van der Waals surface area (Å²) in [5.74, 6) is 0. The summed E-state index contributed by atoms with van der Waals surface area (Å²) >= 11 is 0. The Morgan fingerprint density at radius 3 is 1.30 bits per heavy atom. The summed E-state index contributed by atoms with van der Waals surface area (Å²) in [7, 11) is -4.49. The second-order valence-electron chi connectivity index (χ2n) is 5.83. The molecule has 0 rings (SSSR count). The van der Waals surface area contributed by atoms with Crippen LogP contribution in [0, 0.1) is 0 Å². The Hall–Kier alpha value is 0.830. The molecular weight excluding hydrogens is 325 g/mol. The van der Waals surface area contributed by atoms with Crippen LogP contribution in [0.4, 0.5) is 0 Å². The third-order valence-corrected chi connectivity index (χ3v) is 4.18. The van der Waals surface area contributed by atoms with Gasteiger partial charge in [-0.2, -0.15) is 0 Å². The van der Waals surface area contributed by atoms with E-state index in [-0.39, 0.29) is 42.3 Å². The summed E-state index contributed by atoms with van der Waals surface area (Å²) in [6.07, 6.45) is 17.4. The molecule has 0 spiro atoms. The van der Waals surface area contributed by atoms with Gasteiger partial charge in [-0.1, -0.05) is 90.4 Å². The number of unbranched alkanes of at least 4 members (excludes halogenated alkanes) is 13. The van der Waals surface area contributed by atoms with Crippen molar-refractivity contribution < 1.29 is 17.2 Å². The van der Waals surface area contributed by atoms with Crippen LogP contribution in [0.1, 0.15) is 96.8 Å². The van der Waals surface area contributed by atoms with Crippen molar-refractivity contribution in [1.82, 2.24) is 6.15 Å². The third kappa shape index (κ3) is 27.9. The summed E-state index contributed by atoms with van der Waals surface area (Å²) in [6, 6.07) is 0. The average Bonchev–Trinajstić information content (AvgIpc) is 2.42. The van der Waals surface area contributed by atoms with E-state index in [1.165, 1.54) is 70.6 Å². The van der Waals surface area contributed by atoms with Crippen molar-refractivity contribution in [1.29, 1.82) is 0 Å². The van der Waals surface area contributed by atoms with Crippen molar-refractivity contribution in [3.05, 3.63) is 0 Å². The maximum Gasteiger partial charge on any atom is 0.217 e. The van der Waals surface area contributed by atoms with Crippen LogP contribution in [0.5, 0.6) is 0 Å². The summed E-state index contributed by atoms with van der Waals surface area (Å²) in [6.45, 7) is 2.28. The van der Waals surface area contributed by atoms with Gasteiger partial charge in [0.05, 0.1) is 6.61 Å². The SMILES string of the molecule is CCCCCCCCCCCCCCCCOS(=O)(=O)[O-].[NH4+].[Na]. The maximum absolute atomic E-state index is 10.2. The first-order valence-electron chi connectivity index (χ1n) is 8.66. The fourth-order valence-corrected chi connectivity index (χ4v) is 2.78. The predicted molar refractivity (Wildman–Crippen MR) is 97.7 cm³/mol. The van der Waals surface area contributed by atoms with Gasteiger partial charge in [0, 0.05) is 29.6 Å². The average molecular weight is 363 g/mol. The molecule has 0 aromatic heterocycles. The second-order valence-corrected chi connectivity index (χ2v) is 6.88. The smallest absolute Gasteiger partial charge is 0.217 e. The van der Waals surface area contributed by atoms with Crippen molar-refractivity contribution in [3.8, 4) is 0 Å².